The first kappa shape index (κ1) is 14.3. The van der Waals surface area contributed by atoms with Crippen molar-refractivity contribution in [2.24, 2.45) is 5.92 Å². The van der Waals surface area contributed by atoms with Crippen LogP contribution in [0.2, 0.25) is 0 Å². The van der Waals surface area contributed by atoms with Crippen molar-refractivity contribution in [1.82, 2.24) is 0 Å². The fourth-order valence-corrected chi connectivity index (χ4v) is 2.50. The van der Waals surface area contributed by atoms with Crippen LogP contribution in [0.3, 0.4) is 0 Å². The Labute approximate surface area is 117 Å². The molecule has 0 radical (unpaired) electrons. The standard InChI is InChI=1S/C16H18O4/c17-13-8-9-14(15(18)19)16(20,11-13)10-4-7-12-5-2-1-3-6-12/h1-3,5-6,8-9,11,14,17,20H,4,7,10H2,(H,18,19). The second-order valence-electron chi connectivity index (χ2n) is 5.07. The number of aliphatic hydroxyl groups is 2. The van der Waals surface area contributed by atoms with Crippen LogP contribution in [-0.2, 0) is 11.2 Å². The van der Waals surface area contributed by atoms with Gasteiger partial charge in [0.1, 0.15) is 17.3 Å². The van der Waals surface area contributed by atoms with E-state index in [-0.39, 0.29) is 12.2 Å². The molecule has 0 aromatic heterocycles. The fourth-order valence-electron chi connectivity index (χ4n) is 2.50. The van der Waals surface area contributed by atoms with Gasteiger partial charge in [0.05, 0.1) is 0 Å². The summed E-state index contributed by atoms with van der Waals surface area (Å²) in [6.07, 6.45) is 5.56. The van der Waals surface area contributed by atoms with Gasteiger partial charge < -0.3 is 15.3 Å². The molecule has 0 spiro atoms. The van der Waals surface area contributed by atoms with Gasteiger partial charge in [-0.3, -0.25) is 4.79 Å². The average Bonchev–Trinajstić information content (AvgIpc) is 2.39. The van der Waals surface area contributed by atoms with Crippen LogP contribution in [0.4, 0.5) is 0 Å². The molecular weight excluding hydrogens is 256 g/mol. The molecular formula is C16H18O4. The summed E-state index contributed by atoms with van der Waals surface area (Å²) in [7, 11) is 0. The molecule has 0 aliphatic heterocycles. The molecule has 2 unspecified atom stereocenters. The normalized spacial score (nSPS) is 25.2. The van der Waals surface area contributed by atoms with Gasteiger partial charge in [0, 0.05) is 0 Å². The second-order valence-corrected chi connectivity index (χ2v) is 5.07. The highest BCUT2D eigenvalue weighted by molar-refractivity contribution is 5.75. The summed E-state index contributed by atoms with van der Waals surface area (Å²) in [6.45, 7) is 0. The van der Waals surface area contributed by atoms with Crippen molar-refractivity contribution in [2.75, 3.05) is 0 Å². The number of carboxylic acids is 1. The van der Waals surface area contributed by atoms with Crippen LogP contribution in [-0.4, -0.2) is 26.9 Å². The minimum atomic E-state index is -1.53. The molecule has 0 fully saturated rings. The molecule has 1 aromatic carbocycles. The number of aliphatic carboxylic acids is 1. The lowest BCUT2D eigenvalue weighted by atomic mass is 9.79. The molecule has 1 aromatic rings. The zero-order valence-electron chi connectivity index (χ0n) is 11.1. The first-order valence-corrected chi connectivity index (χ1v) is 6.60. The average molecular weight is 274 g/mol. The minimum absolute atomic E-state index is 0.0929. The third-order valence-electron chi connectivity index (χ3n) is 3.55. The Morgan fingerprint density at radius 3 is 2.60 bits per heavy atom. The molecule has 1 aliphatic carbocycles. The quantitative estimate of drug-likeness (QED) is 0.770. The first-order valence-electron chi connectivity index (χ1n) is 6.60. The summed E-state index contributed by atoms with van der Waals surface area (Å²) in [5.41, 5.74) is -0.387. The summed E-state index contributed by atoms with van der Waals surface area (Å²) >= 11 is 0. The third kappa shape index (κ3) is 3.27. The Kier molecular flexibility index (Phi) is 4.25. The van der Waals surface area contributed by atoms with Crippen molar-refractivity contribution < 1.29 is 20.1 Å². The van der Waals surface area contributed by atoms with E-state index in [4.69, 9.17) is 5.11 Å². The molecule has 2 rings (SSSR count). The molecule has 2 atom stereocenters. The summed E-state index contributed by atoms with van der Waals surface area (Å²) < 4.78 is 0. The van der Waals surface area contributed by atoms with Gasteiger partial charge in [0.25, 0.3) is 0 Å². The second kappa shape index (κ2) is 5.92. The Bertz CT molecular complexity index is 533. The number of hydrogen-bond donors (Lipinski definition) is 3. The predicted octanol–water partition coefficient (Wildman–Crippen LogP) is 2.45. The molecule has 0 saturated carbocycles. The number of allylic oxidation sites excluding steroid dienone is 1. The zero-order valence-corrected chi connectivity index (χ0v) is 11.1. The number of carbonyl (C=O) groups is 1. The molecule has 0 bridgehead atoms. The monoisotopic (exact) mass is 274 g/mol. The van der Waals surface area contributed by atoms with E-state index < -0.39 is 17.5 Å². The van der Waals surface area contributed by atoms with Gasteiger partial charge in [-0.25, -0.2) is 0 Å². The Morgan fingerprint density at radius 2 is 1.95 bits per heavy atom. The number of rotatable bonds is 5. The van der Waals surface area contributed by atoms with Crippen LogP contribution in [0.5, 0.6) is 0 Å². The van der Waals surface area contributed by atoms with E-state index in [0.29, 0.717) is 6.42 Å². The molecule has 4 nitrogen and oxygen atoms in total. The zero-order chi connectivity index (χ0) is 14.6. The van der Waals surface area contributed by atoms with E-state index in [1.165, 1.54) is 18.2 Å². The van der Waals surface area contributed by atoms with Crippen molar-refractivity contribution >= 4 is 5.97 Å². The van der Waals surface area contributed by atoms with Crippen molar-refractivity contribution in [3.05, 3.63) is 59.9 Å². The van der Waals surface area contributed by atoms with E-state index in [1.54, 1.807) is 0 Å². The van der Waals surface area contributed by atoms with Gasteiger partial charge in [-0.15, -0.1) is 0 Å². The minimum Gasteiger partial charge on any atom is -0.508 e. The van der Waals surface area contributed by atoms with Crippen LogP contribution in [0.1, 0.15) is 18.4 Å². The molecule has 3 N–H and O–H groups in total. The fraction of sp³-hybridized carbons (Fsp3) is 0.312. The maximum absolute atomic E-state index is 11.2. The molecule has 106 valence electrons. The van der Waals surface area contributed by atoms with Gasteiger partial charge in [0.2, 0.25) is 0 Å². The van der Waals surface area contributed by atoms with Crippen molar-refractivity contribution in [3.63, 3.8) is 0 Å². The molecule has 0 heterocycles. The van der Waals surface area contributed by atoms with Crippen LogP contribution < -0.4 is 0 Å². The van der Waals surface area contributed by atoms with Gasteiger partial charge in [-0.1, -0.05) is 36.4 Å². The first-order chi connectivity index (χ1) is 9.51. The number of aryl methyl sites for hydroxylation is 1. The highest BCUT2D eigenvalue weighted by atomic mass is 16.4. The lowest BCUT2D eigenvalue weighted by molar-refractivity contribution is -0.146. The van der Waals surface area contributed by atoms with Crippen molar-refractivity contribution in [3.8, 4) is 0 Å². The van der Waals surface area contributed by atoms with Crippen molar-refractivity contribution in [1.29, 1.82) is 0 Å². The largest absolute Gasteiger partial charge is 0.508 e. The van der Waals surface area contributed by atoms with Crippen molar-refractivity contribution in [2.45, 2.75) is 24.9 Å². The molecule has 0 amide bonds. The van der Waals surface area contributed by atoms with E-state index in [0.717, 1.165) is 12.0 Å². The molecule has 4 heteroatoms. The predicted molar refractivity (Wildman–Crippen MR) is 75.3 cm³/mol. The van der Waals surface area contributed by atoms with Gasteiger partial charge in [-0.2, -0.15) is 0 Å². The topological polar surface area (TPSA) is 77.8 Å². The molecule has 1 aliphatic rings. The summed E-state index contributed by atoms with van der Waals surface area (Å²) in [4.78, 5) is 11.2. The number of hydrogen-bond acceptors (Lipinski definition) is 3. The SMILES string of the molecule is O=C(O)C1C=CC(O)=CC1(O)CCCc1ccccc1. The highest BCUT2D eigenvalue weighted by Crippen LogP contribution is 2.31. The van der Waals surface area contributed by atoms with Gasteiger partial charge in [0.15, 0.2) is 0 Å². The van der Waals surface area contributed by atoms with Gasteiger partial charge in [-0.05, 0) is 37.0 Å². The Morgan fingerprint density at radius 1 is 1.25 bits per heavy atom. The van der Waals surface area contributed by atoms with Crippen LogP contribution in [0, 0.1) is 5.92 Å². The Hall–Kier alpha value is -2.07. The van der Waals surface area contributed by atoms with Gasteiger partial charge >= 0.3 is 5.97 Å². The van der Waals surface area contributed by atoms with E-state index >= 15 is 0 Å². The van der Waals surface area contributed by atoms with E-state index in [2.05, 4.69) is 0 Å². The maximum atomic E-state index is 11.2. The lowest BCUT2D eigenvalue weighted by Crippen LogP contribution is -2.41. The van der Waals surface area contributed by atoms with Crippen LogP contribution >= 0.6 is 0 Å². The van der Waals surface area contributed by atoms with Crippen LogP contribution in [0.25, 0.3) is 0 Å². The highest BCUT2D eigenvalue weighted by Gasteiger charge is 2.40. The Balaban J connectivity index is 2.02. The molecule has 0 saturated heterocycles. The third-order valence-corrected chi connectivity index (χ3v) is 3.55. The summed E-state index contributed by atoms with van der Waals surface area (Å²) in [5, 5.41) is 29.1. The summed E-state index contributed by atoms with van der Waals surface area (Å²) in [6, 6.07) is 9.81. The lowest BCUT2D eigenvalue weighted by Gasteiger charge is -2.31. The smallest absolute Gasteiger partial charge is 0.313 e. The number of benzene rings is 1. The summed E-state index contributed by atoms with van der Waals surface area (Å²) in [5.74, 6) is -2.20. The number of aliphatic hydroxyl groups excluding tert-OH is 1. The molecule has 20 heavy (non-hydrogen) atoms. The van der Waals surface area contributed by atoms with E-state index in [9.17, 15) is 15.0 Å². The van der Waals surface area contributed by atoms with E-state index in [1.807, 2.05) is 30.3 Å². The number of carboxylic acid groups (broad SMARTS) is 1. The van der Waals surface area contributed by atoms with Crippen LogP contribution in [0.15, 0.2) is 54.3 Å². The maximum Gasteiger partial charge on any atom is 0.313 e.